The first-order chi connectivity index (χ1) is 11.7. The predicted octanol–water partition coefficient (Wildman–Crippen LogP) is 2.70. The number of amides is 1. The molecule has 0 saturated carbocycles. The van der Waals surface area contributed by atoms with E-state index < -0.39 is 11.9 Å². The van der Waals surface area contributed by atoms with Crippen molar-refractivity contribution < 1.29 is 27.9 Å². The van der Waals surface area contributed by atoms with Crippen LogP contribution in [0.5, 0.6) is 0 Å². The van der Waals surface area contributed by atoms with Gasteiger partial charge in [0.15, 0.2) is 5.15 Å². The third-order valence-electron chi connectivity index (χ3n) is 3.15. The summed E-state index contributed by atoms with van der Waals surface area (Å²) in [5, 5.41) is 13.5. The van der Waals surface area contributed by atoms with Crippen molar-refractivity contribution in [3.05, 3.63) is 35.9 Å². The van der Waals surface area contributed by atoms with Crippen LogP contribution in [0, 0.1) is 0 Å². The first kappa shape index (κ1) is 19.4. The molecular formula is C14H15ClF3N4O2S+. The molecule has 0 fully saturated rings. The molecular weight excluding hydrogens is 381 g/mol. The molecule has 0 saturated heterocycles. The normalized spacial score (nSPS) is 11.6. The van der Waals surface area contributed by atoms with Gasteiger partial charge in [0.1, 0.15) is 11.4 Å². The second-order valence-electron chi connectivity index (χ2n) is 5.06. The van der Waals surface area contributed by atoms with E-state index >= 15 is 0 Å². The number of rotatable bonds is 6. The van der Waals surface area contributed by atoms with Gasteiger partial charge in [0.05, 0.1) is 11.9 Å². The number of halogens is 4. The molecule has 0 aliphatic carbocycles. The SMILES string of the molecule is CN(C(=O)CCSCC(F)(F)F)c1cn(-c2ccc[n+](O)c2)nc1Cl. The quantitative estimate of drug-likeness (QED) is 0.464. The lowest BCUT2D eigenvalue weighted by molar-refractivity contribution is -0.904. The van der Waals surface area contributed by atoms with Crippen LogP contribution in [0.4, 0.5) is 18.9 Å². The molecule has 0 bridgehead atoms. The van der Waals surface area contributed by atoms with Crippen molar-refractivity contribution in [1.29, 1.82) is 0 Å². The highest BCUT2D eigenvalue weighted by molar-refractivity contribution is 7.99. The number of carbonyl (C=O) groups excluding carboxylic acids is 1. The van der Waals surface area contributed by atoms with E-state index in [2.05, 4.69) is 5.10 Å². The molecule has 0 atom stereocenters. The molecule has 136 valence electrons. The van der Waals surface area contributed by atoms with Crippen LogP contribution in [-0.2, 0) is 4.79 Å². The molecule has 1 N–H and O–H groups in total. The van der Waals surface area contributed by atoms with Crippen molar-refractivity contribution in [1.82, 2.24) is 9.78 Å². The van der Waals surface area contributed by atoms with Gasteiger partial charge in [-0.2, -0.15) is 30.0 Å². The lowest BCUT2D eigenvalue weighted by atomic mass is 10.4. The summed E-state index contributed by atoms with van der Waals surface area (Å²) >= 11 is 6.70. The number of pyridine rings is 1. The summed E-state index contributed by atoms with van der Waals surface area (Å²) in [4.78, 5) is 13.4. The van der Waals surface area contributed by atoms with Crippen molar-refractivity contribution in [2.45, 2.75) is 12.6 Å². The summed E-state index contributed by atoms with van der Waals surface area (Å²) in [5.41, 5.74) is 0.834. The molecule has 0 unspecified atom stereocenters. The number of hydrogen-bond acceptors (Lipinski definition) is 4. The molecule has 2 heterocycles. The zero-order chi connectivity index (χ0) is 18.6. The highest BCUT2D eigenvalue weighted by Crippen LogP contribution is 2.26. The third-order valence-corrected chi connectivity index (χ3v) is 4.44. The number of aromatic nitrogens is 3. The van der Waals surface area contributed by atoms with E-state index in [0.717, 1.165) is 4.73 Å². The average molecular weight is 396 g/mol. The van der Waals surface area contributed by atoms with Gasteiger partial charge in [0.2, 0.25) is 18.3 Å². The highest BCUT2D eigenvalue weighted by Gasteiger charge is 2.27. The van der Waals surface area contributed by atoms with Crippen LogP contribution < -0.4 is 9.63 Å². The van der Waals surface area contributed by atoms with E-state index in [1.54, 1.807) is 12.1 Å². The minimum atomic E-state index is -4.25. The maximum Gasteiger partial charge on any atom is 0.397 e. The molecule has 1 amide bonds. The van der Waals surface area contributed by atoms with Gasteiger partial charge in [-0.25, -0.2) is 4.68 Å². The fraction of sp³-hybridized carbons (Fsp3) is 0.357. The van der Waals surface area contributed by atoms with Gasteiger partial charge in [-0.05, 0) is 6.07 Å². The molecule has 0 aromatic carbocycles. The van der Waals surface area contributed by atoms with Gasteiger partial charge in [0.25, 0.3) is 0 Å². The van der Waals surface area contributed by atoms with E-state index in [1.807, 2.05) is 0 Å². The van der Waals surface area contributed by atoms with E-state index in [1.165, 1.54) is 35.2 Å². The number of anilines is 1. The van der Waals surface area contributed by atoms with Crippen LogP contribution in [0.1, 0.15) is 6.42 Å². The van der Waals surface area contributed by atoms with Crippen molar-refractivity contribution >= 4 is 35.0 Å². The number of alkyl halides is 3. The lowest BCUT2D eigenvalue weighted by Crippen LogP contribution is -2.29. The van der Waals surface area contributed by atoms with Crippen LogP contribution in [0.25, 0.3) is 5.69 Å². The zero-order valence-corrected chi connectivity index (χ0v) is 14.6. The van der Waals surface area contributed by atoms with Crippen molar-refractivity contribution in [2.75, 3.05) is 23.5 Å². The Balaban J connectivity index is 2.02. The molecule has 2 aromatic rings. The molecule has 0 aliphatic heterocycles. The number of nitrogens with zero attached hydrogens (tertiary/aromatic N) is 4. The topological polar surface area (TPSA) is 62.2 Å². The molecule has 0 spiro atoms. The molecule has 6 nitrogen and oxygen atoms in total. The standard InChI is InChI=1S/C14H15ClF3N4O2S/c1-20(12(23)4-6-25-9-14(16,17)18)11-8-22(19-13(11)15)10-3-2-5-21(24)7-10/h2-3,5,7-8,24H,4,6,9H2,1H3/q+1. The van der Waals surface area contributed by atoms with Gasteiger partial charge >= 0.3 is 6.18 Å². The third kappa shape index (κ3) is 5.53. The summed E-state index contributed by atoms with van der Waals surface area (Å²) in [6, 6.07) is 3.27. The fourth-order valence-electron chi connectivity index (χ4n) is 1.94. The molecule has 11 heteroatoms. The van der Waals surface area contributed by atoms with Crippen molar-refractivity contribution in [2.24, 2.45) is 0 Å². The monoisotopic (exact) mass is 395 g/mol. The van der Waals surface area contributed by atoms with E-state index in [4.69, 9.17) is 11.6 Å². The Morgan fingerprint density at radius 1 is 1.52 bits per heavy atom. The van der Waals surface area contributed by atoms with Gasteiger partial charge in [-0.3, -0.25) is 10.0 Å². The first-order valence-corrected chi connectivity index (χ1v) is 8.58. The van der Waals surface area contributed by atoms with E-state index in [9.17, 15) is 23.2 Å². The maximum atomic E-state index is 12.1. The molecule has 0 aliphatic rings. The lowest BCUT2D eigenvalue weighted by Gasteiger charge is -2.15. The summed E-state index contributed by atoms with van der Waals surface area (Å²) in [6.07, 6.45) is 0.00889. The zero-order valence-electron chi connectivity index (χ0n) is 13.1. The second kappa shape index (κ2) is 7.96. The Kier molecular flexibility index (Phi) is 6.17. The minimum absolute atomic E-state index is 0.0532. The van der Waals surface area contributed by atoms with Crippen LogP contribution >= 0.6 is 23.4 Å². The fourth-order valence-corrected chi connectivity index (χ4v) is 2.89. The van der Waals surface area contributed by atoms with Gasteiger partial charge in [0, 0.05) is 30.0 Å². The van der Waals surface area contributed by atoms with Crippen molar-refractivity contribution in [3.8, 4) is 5.69 Å². The number of thioether (sulfide) groups is 1. The second-order valence-corrected chi connectivity index (χ2v) is 6.53. The number of carbonyl (C=O) groups is 1. The molecule has 25 heavy (non-hydrogen) atoms. The summed E-state index contributed by atoms with van der Waals surface area (Å²) in [5.74, 6) is -1.31. The average Bonchev–Trinajstić information content (AvgIpc) is 2.91. The Hall–Kier alpha value is -1.94. The Bertz CT molecular complexity index is 754. The molecule has 2 rings (SSSR count). The molecule has 0 radical (unpaired) electrons. The Morgan fingerprint density at radius 2 is 2.24 bits per heavy atom. The predicted molar refractivity (Wildman–Crippen MR) is 87.4 cm³/mol. The Morgan fingerprint density at radius 3 is 2.88 bits per heavy atom. The van der Waals surface area contributed by atoms with Crippen LogP contribution in [0.15, 0.2) is 30.7 Å². The van der Waals surface area contributed by atoms with Gasteiger partial charge in [-0.15, -0.1) is 0 Å². The van der Waals surface area contributed by atoms with Crippen LogP contribution in [-0.4, -0.2) is 45.6 Å². The smallest absolute Gasteiger partial charge is 0.311 e. The number of hydrogen-bond donors (Lipinski definition) is 1. The van der Waals surface area contributed by atoms with E-state index in [0.29, 0.717) is 23.1 Å². The van der Waals surface area contributed by atoms with E-state index in [-0.39, 0.29) is 23.2 Å². The molecule has 2 aromatic heterocycles. The first-order valence-electron chi connectivity index (χ1n) is 7.04. The Labute approximate surface area is 150 Å². The van der Waals surface area contributed by atoms with Crippen LogP contribution in [0.3, 0.4) is 0 Å². The largest absolute Gasteiger partial charge is 0.397 e. The van der Waals surface area contributed by atoms with Crippen LogP contribution in [0.2, 0.25) is 5.15 Å². The van der Waals surface area contributed by atoms with Crippen molar-refractivity contribution in [3.63, 3.8) is 0 Å². The van der Waals surface area contributed by atoms with Gasteiger partial charge in [-0.1, -0.05) is 11.6 Å². The summed E-state index contributed by atoms with van der Waals surface area (Å²) in [7, 11) is 1.47. The minimum Gasteiger partial charge on any atom is -0.311 e. The van der Waals surface area contributed by atoms with Gasteiger partial charge < -0.3 is 4.90 Å². The highest BCUT2D eigenvalue weighted by atomic mass is 35.5. The summed E-state index contributed by atoms with van der Waals surface area (Å²) in [6.45, 7) is 0. The maximum absolute atomic E-state index is 12.1. The summed E-state index contributed by atoms with van der Waals surface area (Å²) < 4.78 is 38.5.